The summed E-state index contributed by atoms with van der Waals surface area (Å²) in [7, 11) is -2.54. The van der Waals surface area contributed by atoms with Crippen LogP contribution in [0.4, 0.5) is 10.1 Å². The SMILES string of the molecule is CN(Cc1ccsc1)S(=O)(=O)c1ccc([N+](=O)[O-])c(F)c1. The van der Waals surface area contributed by atoms with Gasteiger partial charge >= 0.3 is 5.69 Å². The Balaban J connectivity index is 2.31. The molecule has 21 heavy (non-hydrogen) atoms. The van der Waals surface area contributed by atoms with Crippen LogP contribution in [0, 0.1) is 15.9 Å². The summed E-state index contributed by atoms with van der Waals surface area (Å²) in [6, 6.07) is 4.33. The van der Waals surface area contributed by atoms with E-state index in [1.807, 2.05) is 10.8 Å². The highest BCUT2D eigenvalue weighted by Crippen LogP contribution is 2.23. The van der Waals surface area contributed by atoms with Crippen molar-refractivity contribution in [2.45, 2.75) is 11.4 Å². The number of rotatable bonds is 5. The first-order valence-electron chi connectivity index (χ1n) is 5.73. The van der Waals surface area contributed by atoms with Crippen LogP contribution in [0.3, 0.4) is 0 Å². The molecule has 9 heteroatoms. The van der Waals surface area contributed by atoms with Gasteiger partial charge in [0.1, 0.15) is 0 Å². The van der Waals surface area contributed by atoms with Gasteiger partial charge in [-0.1, -0.05) is 0 Å². The van der Waals surface area contributed by atoms with Crippen LogP contribution >= 0.6 is 11.3 Å². The van der Waals surface area contributed by atoms with E-state index in [-0.39, 0.29) is 11.4 Å². The number of hydrogen-bond acceptors (Lipinski definition) is 5. The summed E-state index contributed by atoms with van der Waals surface area (Å²) in [6.07, 6.45) is 0. The number of nitrogens with zero attached hydrogens (tertiary/aromatic N) is 2. The molecule has 0 aliphatic carbocycles. The zero-order valence-corrected chi connectivity index (χ0v) is 12.5. The van der Waals surface area contributed by atoms with Crippen molar-refractivity contribution in [3.05, 3.63) is 56.5 Å². The molecule has 1 aromatic heterocycles. The predicted octanol–water partition coefficient (Wildman–Crippen LogP) is 2.62. The Morgan fingerprint density at radius 1 is 1.38 bits per heavy atom. The maximum Gasteiger partial charge on any atom is 0.304 e. The van der Waals surface area contributed by atoms with Gasteiger partial charge in [0.15, 0.2) is 0 Å². The summed E-state index contributed by atoms with van der Waals surface area (Å²) < 4.78 is 39.2. The van der Waals surface area contributed by atoms with Crippen molar-refractivity contribution in [3.63, 3.8) is 0 Å². The molecule has 0 aliphatic heterocycles. The molecular weight excluding hydrogens is 319 g/mol. The lowest BCUT2D eigenvalue weighted by Gasteiger charge is -2.16. The molecule has 0 radical (unpaired) electrons. The van der Waals surface area contributed by atoms with Crippen molar-refractivity contribution in [2.24, 2.45) is 0 Å². The molecule has 0 aliphatic rings. The van der Waals surface area contributed by atoms with Gasteiger partial charge in [-0.3, -0.25) is 10.1 Å². The summed E-state index contributed by atoms with van der Waals surface area (Å²) in [5, 5.41) is 14.2. The van der Waals surface area contributed by atoms with Gasteiger partial charge in [0.2, 0.25) is 15.8 Å². The fraction of sp³-hybridized carbons (Fsp3) is 0.167. The van der Waals surface area contributed by atoms with Crippen molar-refractivity contribution < 1.29 is 17.7 Å². The van der Waals surface area contributed by atoms with Crippen LogP contribution in [-0.4, -0.2) is 24.7 Å². The number of sulfonamides is 1. The number of thiophene rings is 1. The smallest absolute Gasteiger partial charge is 0.258 e. The van der Waals surface area contributed by atoms with E-state index >= 15 is 0 Å². The van der Waals surface area contributed by atoms with Crippen LogP contribution < -0.4 is 0 Å². The zero-order chi connectivity index (χ0) is 15.6. The Bertz CT molecular complexity index is 760. The van der Waals surface area contributed by atoms with Crippen molar-refractivity contribution >= 4 is 27.0 Å². The minimum absolute atomic E-state index is 0.143. The fourth-order valence-electron chi connectivity index (χ4n) is 1.70. The van der Waals surface area contributed by atoms with Crippen LogP contribution in [0.1, 0.15) is 5.56 Å². The third kappa shape index (κ3) is 3.26. The highest BCUT2D eigenvalue weighted by molar-refractivity contribution is 7.89. The second-order valence-corrected chi connectivity index (χ2v) is 7.09. The monoisotopic (exact) mass is 330 g/mol. The van der Waals surface area contributed by atoms with Gasteiger partial charge < -0.3 is 0 Å². The lowest BCUT2D eigenvalue weighted by molar-refractivity contribution is -0.387. The molecular formula is C12H11FN2O4S2. The summed E-state index contributed by atoms with van der Waals surface area (Å²) >= 11 is 1.44. The average molecular weight is 330 g/mol. The molecule has 2 aromatic rings. The van der Waals surface area contributed by atoms with E-state index in [4.69, 9.17) is 0 Å². The first-order chi connectivity index (χ1) is 9.82. The molecule has 2 rings (SSSR count). The van der Waals surface area contributed by atoms with Gasteiger partial charge in [0.05, 0.1) is 9.82 Å². The second-order valence-electron chi connectivity index (χ2n) is 4.26. The third-order valence-corrected chi connectivity index (χ3v) is 5.34. The lowest BCUT2D eigenvalue weighted by Crippen LogP contribution is -2.26. The molecule has 0 amide bonds. The number of nitro groups is 1. The molecule has 0 fully saturated rings. The normalized spacial score (nSPS) is 11.8. The van der Waals surface area contributed by atoms with E-state index in [1.54, 1.807) is 6.07 Å². The highest BCUT2D eigenvalue weighted by atomic mass is 32.2. The van der Waals surface area contributed by atoms with Crippen LogP contribution in [0.2, 0.25) is 0 Å². The van der Waals surface area contributed by atoms with Gasteiger partial charge in [-0.25, -0.2) is 8.42 Å². The highest BCUT2D eigenvalue weighted by Gasteiger charge is 2.24. The zero-order valence-electron chi connectivity index (χ0n) is 10.9. The first kappa shape index (κ1) is 15.5. The molecule has 6 nitrogen and oxygen atoms in total. The Morgan fingerprint density at radius 3 is 2.62 bits per heavy atom. The average Bonchev–Trinajstić information content (AvgIpc) is 2.90. The minimum atomic E-state index is -3.90. The van der Waals surface area contributed by atoms with Crippen LogP contribution in [0.25, 0.3) is 0 Å². The van der Waals surface area contributed by atoms with Crippen molar-refractivity contribution in [3.8, 4) is 0 Å². The van der Waals surface area contributed by atoms with Crippen molar-refractivity contribution in [2.75, 3.05) is 7.05 Å². The van der Waals surface area contributed by atoms with Crippen molar-refractivity contribution in [1.82, 2.24) is 4.31 Å². The summed E-state index contributed by atoms with van der Waals surface area (Å²) in [4.78, 5) is 9.32. The van der Waals surface area contributed by atoms with Gasteiger partial charge in [0, 0.05) is 25.7 Å². The quantitative estimate of drug-likeness (QED) is 0.623. The second kappa shape index (κ2) is 5.88. The first-order valence-corrected chi connectivity index (χ1v) is 8.12. The number of hydrogen-bond donors (Lipinski definition) is 0. The summed E-state index contributed by atoms with van der Waals surface area (Å²) in [5.74, 6) is -1.18. The number of benzene rings is 1. The molecule has 0 saturated heterocycles. The molecule has 1 heterocycles. The van der Waals surface area contributed by atoms with Gasteiger partial charge in [-0.05, 0) is 28.5 Å². The Morgan fingerprint density at radius 2 is 2.10 bits per heavy atom. The van der Waals surface area contributed by atoms with Gasteiger partial charge in [-0.2, -0.15) is 20.0 Å². The van der Waals surface area contributed by atoms with Gasteiger partial charge in [-0.15, -0.1) is 0 Å². The molecule has 0 atom stereocenters. The molecule has 0 saturated carbocycles. The molecule has 0 unspecified atom stereocenters. The summed E-state index contributed by atoms with van der Waals surface area (Å²) in [6.45, 7) is 0.143. The molecule has 0 N–H and O–H groups in total. The molecule has 1 aromatic carbocycles. The molecule has 112 valence electrons. The van der Waals surface area contributed by atoms with Crippen LogP contribution in [-0.2, 0) is 16.6 Å². The molecule has 0 spiro atoms. The third-order valence-electron chi connectivity index (χ3n) is 2.81. The van der Waals surface area contributed by atoms with Crippen LogP contribution in [0.5, 0.6) is 0 Å². The lowest BCUT2D eigenvalue weighted by atomic mass is 10.3. The topological polar surface area (TPSA) is 80.5 Å². The summed E-state index contributed by atoms with van der Waals surface area (Å²) in [5.41, 5.74) is 0.0582. The largest absolute Gasteiger partial charge is 0.304 e. The maximum absolute atomic E-state index is 13.5. The number of nitro benzene ring substituents is 1. The van der Waals surface area contributed by atoms with E-state index in [0.717, 1.165) is 22.0 Å². The Hall–Kier alpha value is -1.84. The number of halogens is 1. The van der Waals surface area contributed by atoms with Crippen LogP contribution in [0.15, 0.2) is 39.9 Å². The standard InChI is InChI=1S/C12H11FN2O4S2/c1-14(7-9-4-5-20-8-9)21(18,19)10-2-3-12(15(16)17)11(13)6-10/h2-6,8H,7H2,1H3. The van der Waals surface area contributed by atoms with E-state index in [0.29, 0.717) is 6.07 Å². The Labute approximate surface area is 124 Å². The minimum Gasteiger partial charge on any atom is -0.258 e. The predicted molar refractivity (Wildman–Crippen MR) is 76.0 cm³/mol. The maximum atomic E-state index is 13.5. The Kier molecular flexibility index (Phi) is 4.35. The van der Waals surface area contributed by atoms with E-state index in [1.165, 1.54) is 18.4 Å². The van der Waals surface area contributed by atoms with E-state index in [9.17, 15) is 22.9 Å². The van der Waals surface area contributed by atoms with E-state index in [2.05, 4.69) is 0 Å². The van der Waals surface area contributed by atoms with Crippen molar-refractivity contribution in [1.29, 1.82) is 0 Å². The molecule has 0 bridgehead atoms. The fourth-order valence-corrected chi connectivity index (χ4v) is 3.53. The van der Waals surface area contributed by atoms with E-state index < -0.39 is 26.5 Å². The van der Waals surface area contributed by atoms with Gasteiger partial charge in [0.25, 0.3) is 0 Å².